The molecule has 0 atom stereocenters. The zero-order valence-corrected chi connectivity index (χ0v) is 14.7. The van der Waals surface area contributed by atoms with Gasteiger partial charge in [0.1, 0.15) is 0 Å². The van der Waals surface area contributed by atoms with Crippen molar-refractivity contribution >= 4 is 17.5 Å². The van der Waals surface area contributed by atoms with Crippen LogP contribution in [0, 0.1) is 11.6 Å². The Balaban J connectivity index is 1.41. The maximum atomic E-state index is 13.9. The highest BCUT2D eigenvalue weighted by atomic mass is 19.2. The van der Waals surface area contributed by atoms with Crippen molar-refractivity contribution in [2.45, 2.75) is 12.8 Å². The van der Waals surface area contributed by atoms with Crippen LogP contribution in [0.5, 0.6) is 0 Å². The van der Waals surface area contributed by atoms with Crippen LogP contribution < -0.4 is 10.2 Å². The minimum atomic E-state index is -0.855. The van der Waals surface area contributed by atoms with E-state index >= 15 is 0 Å². The SMILES string of the molecule is O=C(CN1CCN(c2cccc(F)c2F)CC1)NCC(=O)N1CCCC1. The number of likely N-dealkylation sites (tertiary alicyclic amines) is 1. The number of nitrogens with one attached hydrogen (secondary N) is 1. The molecule has 8 heteroatoms. The average Bonchev–Trinajstić information content (AvgIpc) is 3.18. The van der Waals surface area contributed by atoms with Crippen LogP contribution in [-0.4, -0.2) is 74.0 Å². The largest absolute Gasteiger partial charge is 0.367 e. The third-order valence-electron chi connectivity index (χ3n) is 4.91. The normalized spacial score (nSPS) is 18.2. The average molecular weight is 366 g/mol. The number of piperazine rings is 1. The van der Waals surface area contributed by atoms with Crippen LogP contribution in [0.4, 0.5) is 14.5 Å². The number of rotatable bonds is 5. The number of halogens is 2. The molecule has 2 saturated heterocycles. The zero-order valence-electron chi connectivity index (χ0n) is 14.7. The number of benzene rings is 1. The van der Waals surface area contributed by atoms with Gasteiger partial charge in [0, 0.05) is 39.3 Å². The molecule has 2 aliphatic rings. The van der Waals surface area contributed by atoms with Gasteiger partial charge in [-0.1, -0.05) is 6.07 Å². The highest BCUT2D eigenvalue weighted by Crippen LogP contribution is 2.22. The second-order valence-electron chi connectivity index (χ2n) is 6.70. The summed E-state index contributed by atoms with van der Waals surface area (Å²) in [5.74, 6) is -1.92. The molecule has 1 aromatic rings. The fourth-order valence-electron chi connectivity index (χ4n) is 3.40. The van der Waals surface area contributed by atoms with Gasteiger partial charge in [-0.2, -0.15) is 0 Å². The molecule has 3 rings (SSSR count). The molecule has 0 radical (unpaired) electrons. The summed E-state index contributed by atoms with van der Waals surface area (Å²) >= 11 is 0. The number of carbonyl (C=O) groups is 2. The molecule has 2 fully saturated rings. The zero-order chi connectivity index (χ0) is 18.5. The molecular formula is C18H24F2N4O2. The summed E-state index contributed by atoms with van der Waals surface area (Å²) in [6.45, 7) is 3.95. The Labute approximate surface area is 151 Å². The third-order valence-corrected chi connectivity index (χ3v) is 4.91. The van der Waals surface area contributed by atoms with E-state index < -0.39 is 11.6 Å². The second-order valence-corrected chi connectivity index (χ2v) is 6.70. The van der Waals surface area contributed by atoms with Crippen LogP contribution in [0.3, 0.4) is 0 Å². The Morgan fingerprint density at radius 1 is 1.00 bits per heavy atom. The van der Waals surface area contributed by atoms with Gasteiger partial charge < -0.3 is 15.1 Å². The number of carbonyl (C=O) groups excluding carboxylic acids is 2. The van der Waals surface area contributed by atoms with Crippen molar-refractivity contribution in [3.63, 3.8) is 0 Å². The summed E-state index contributed by atoms with van der Waals surface area (Å²) in [5.41, 5.74) is 0.255. The van der Waals surface area contributed by atoms with Gasteiger partial charge in [0.05, 0.1) is 18.8 Å². The molecule has 0 saturated carbocycles. The maximum Gasteiger partial charge on any atom is 0.241 e. The standard InChI is InChI=1S/C18H24F2N4O2/c19-14-4-3-5-15(18(14)20)23-10-8-22(9-11-23)13-16(25)21-12-17(26)24-6-1-2-7-24/h3-5H,1-2,6-13H2,(H,21,25). The highest BCUT2D eigenvalue weighted by molar-refractivity contribution is 5.85. The van der Waals surface area contributed by atoms with Crippen LogP contribution in [-0.2, 0) is 9.59 Å². The minimum absolute atomic E-state index is 0.0350. The minimum Gasteiger partial charge on any atom is -0.367 e. The van der Waals surface area contributed by atoms with Crippen molar-refractivity contribution < 1.29 is 18.4 Å². The van der Waals surface area contributed by atoms with Gasteiger partial charge in [0.2, 0.25) is 11.8 Å². The van der Waals surface area contributed by atoms with Crippen molar-refractivity contribution in [3.05, 3.63) is 29.8 Å². The van der Waals surface area contributed by atoms with Crippen molar-refractivity contribution in [1.82, 2.24) is 15.1 Å². The molecule has 142 valence electrons. The van der Waals surface area contributed by atoms with E-state index in [1.165, 1.54) is 6.07 Å². The molecule has 2 amide bonds. The van der Waals surface area contributed by atoms with Gasteiger partial charge in [-0.25, -0.2) is 8.78 Å². The lowest BCUT2D eigenvalue weighted by Crippen LogP contribution is -2.50. The first-order valence-corrected chi connectivity index (χ1v) is 9.00. The maximum absolute atomic E-state index is 13.9. The molecule has 1 aromatic carbocycles. The lowest BCUT2D eigenvalue weighted by molar-refractivity contribution is -0.132. The molecule has 2 heterocycles. The topological polar surface area (TPSA) is 55.9 Å². The molecule has 6 nitrogen and oxygen atoms in total. The van der Waals surface area contributed by atoms with Gasteiger partial charge in [0.15, 0.2) is 11.6 Å². The number of anilines is 1. The molecule has 1 N–H and O–H groups in total. The molecule has 0 aromatic heterocycles. The van der Waals surface area contributed by atoms with Crippen LogP contribution >= 0.6 is 0 Å². The Hall–Kier alpha value is -2.22. The highest BCUT2D eigenvalue weighted by Gasteiger charge is 2.23. The predicted octanol–water partition coefficient (Wildman–Crippen LogP) is 0.825. The Bertz CT molecular complexity index is 657. The fraction of sp³-hybridized carbons (Fsp3) is 0.556. The van der Waals surface area contributed by atoms with Crippen molar-refractivity contribution in [3.8, 4) is 0 Å². The number of amides is 2. The van der Waals surface area contributed by atoms with E-state index in [1.807, 2.05) is 4.90 Å². The lowest BCUT2D eigenvalue weighted by atomic mass is 10.2. The summed E-state index contributed by atoms with van der Waals surface area (Å²) in [6, 6.07) is 4.15. The van der Waals surface area contributed by atoms with Crippen LogP contribution in [0.25, 0.3) is 0 Å². The van der Waals surface area contributed by atoms with Gasteiger partial charge in [-0.3, -0.25) is 14.5 Å². The Morgan fingerprint density at radius 2 is 1.69 bits per heavy atom. The molecule has 0 bridgehead atoms. The van der Waals surface area contributed by atoms with E-state index in [4.69, 9.17) is 0 Å². The summed E-state index contributed by atoms with van der Waals surface area (Å²) in [5, 5.41) is 2.67. The van der Waals surface area contributed by atoms with Crippen LogP contribution in [0.1, 0.15) is 12.8 Å². The lowest BCUT2D eigenvalue weighted by Gasteiger charge is -2.35. The first-order chi connectivity index (χ1) is 12.5. The van der Waals surface area contributed by atoms with Gasteiger partial charge in [0.25, 0.3) is 0 Å². The molecule has 0 unspecified atom stereocenters. The third kappa shape index (κ3) is 4.49. The summed E-state index contributed by atoms with van der Waals surface area (Å²) in [6.07, 6.45) is 2.05. The van der Waals surface area contributed by atoms with Crippen molar-refractivity contribution in [2.75, 3.05) is 57.3 Å². The Kier molecular flexibility index (Phi) is 6.03. The van der Waals surface area contributed by atoms with Crippen molar-refractivity contribution in [2.24, 2.45) is 0 Å². The van der Waals surface area contributed by atoms with E-state index in [2.05, 4.69) is 5.32 Å². The molecular weight excluding hydrogens is 342 g/mol. The van der Waals surface area contributed by atoms with Crippen LogP contribution in [0.2, 0.25) is 0 Å². The predicted molar refractivity (Wildman–Crippen MR) is 93.8 cm³/mol. The Morgan fingerprint density at radius 3 is 2.38 bits per heavy atom. The number of hydrogen-bond donors (Lipinski definition) is 1. The molecule has 0 aliphatic carbocycles. The van der Waals surface area contributed by atoms with E-state index in [0.29, 0.717) is 26.2 Å². The van der Waals surface area contributed by atoms with Crippen molar-refractivity contribution in [1.29, 1.82) is 0 Å². The summed E-state index contributed by atoms with van der Waals surface area (Å²) in [7, 11) is 0. The summed E-state index contributed by atoms with van der Waals surface area (Å²) in [4.78, 5) is 29.5. The first-order valence-electron chi connectivity index (χ1n) is 9.00. The number of hydrogen-bond acceptors (Lipinski definition) is 4. The second kappa shape index (κ2) is 8.44. The number of nitrogens with zero attached hydrogens (tertiary/aromatic N) is 3. The van der Waals surface area contributed by atoms with E-state index in [-0.39, 0.29) is 30.6 Å². The quantitative estimate of drug-likeness (QED) is 0.839. The smallest absolute Gasteiger partial charge is 0.241 e. The fourth-order valence-corrected chi connectivity index (χ4v) is 3.40. The summed E-state index contributed by atoms with van der Waals surface area (Å²) < 4.78 is 27.2. The van der Waals surface area contributed by atoms with E-state index in [1.54, 1.807) is 15.9 Å². The molecule has 0 spiro atoms. The monoisotopic (exact) mass is 366 g/mol. The molecule has 2 aliphatic heterocycles. The first kappa shape index (κ1) is 18.6. The molecule has 26 heavy (non-hydrogen) atoms. The van der Waals surface area contributed by atoms with Gasteiger partial charge in [-0.05, 0) is 25.0 Å². The van der Waals surface area contributed by atoms with Gasteiger partial charge in [-0.15, -0.1) is 0 Å². The van der Waals surface area contributed by atoms with Crippen LogP contribution in [0.15, 0.2) is 18.2 Å². The van der Waals surface area contributed by atoms with E-state index in [9.17, 15) is 18.4 Å². The van der Waals surface area contributed by atoms with Gasteiger partial charge >= 0.3 is 0 Å². The van der Waals surface area contributed by atoms with E-state index in [0.717, 1.165) is 32.0 Å².